The van der Waals surface area contributed by atoms with Gasteiger partial charge in [-0.15, -0.1) is 0 Å². The SMILES string of the molecule is CCCCCCCCc1cccc2ncc[c]c12. The number of fused-ring (bicyclic) bond motifs is 1. The molecule has 1 aromatic heterocycles. The topological polar surface area (TPSA) is 12.9 Å². The van der Waals surface area contributed by atoms with Crippen LogP contribution in [0.3, 0.4) is 0 Å². The Morgan fingerprint density at radius 2 is 1.89 bits per heavy atom. The summed E-state index contributed by atoms with van der Waals surface area (Å²) in [6.07, 6.45) is 11.1. The van der Waals surface area contributed by atoms with Gasteiger partial charge in [-0.05, 0) is 36.6 Å². The third-order valence-electron chi connectivity index (χ3n) is 3.44. The van der Waals surface area contributed by atoms with Gasteiger partial charge in [0.15, 0.2) is 0 Å². The minimum absolute atomic E-state index is 1.07. The molecule has 0 aliphatic rings. The number of rotatable bonds is 7. The molecule has 2 rings (SSSR count). The van der Waals surface area contributed by atoms with Crippen LogP contribution in [0.15, 0.2) is 30.5 Å². The third-order valence-corrected chi connectivity index (χ3v) is 3.44. The van der Waals surface area contributed by atoms with Gasteiger partial charge in [-0.3, -0.25) is 4.98 Å². The van der Waals surface area contributed by atoms with E-state index in [2.05, 4.69) is 36.2 Å². The summed E-state index contributed by atoms with van der Waals surface area (Å²) in [5.41, 5.74) is 2.47. The van der Waals surface area contributed by atoms with Crippen LogP contribution < -0.4 is 0 Å². The molecule has 0 saturated carbocycles. The fourth-order valence-corrected chi connectivity index (χ4v) is 2.40. The van der Waals surface area contributed by atoms with Crippen molar-refractivity contribution in [2.45, 2.75) is 51.9 Å². The minimum Gasteiger partial charge on any atom is -0.256 e. The van der Waals surface area contributed by atoms with E-state index in [1.807, 2.05) is 12.3 Å². The van der Waals surface area contributed by atoms with Gasteiger partial charge in [-0.25, -0.2) is 0 Å². The second kappa shape index (κ2) is 7.15. The quantitative estimate of drug-likeness (QED) is 0.625. The number of pyridine rings is 1. The van der Waals surface area contributed by atoms with Crippen LogP contribution in [0.25, 0.3) is 10.9 Å². The van der Waals surface area contributed by atoms with E-state index in [0.29, 0.717) is 0 Å². The van der Waals surface area contributed by atoms with Crippen molar-refractivity contribution < 1.29 is 0 Å². The van der Waals surface area contributed by atoms with Crippen LogP contribution in [0.4, 0.5) is 0 Å². The second-order valence-corrected chi connectivity index (χ2v) is 4.92. The van der Waals surface area contributed by atoms with Crippen molar-refractivity contribution in [3.63, 3.8) is 0 Å². The van der Waals surface area contributed by atoms with Gasteiger partial charge in [0.25, 0.3) is 0 Å². The largest absolute Gasteiger partial charge is 0.256 e. The molecule has 1 radical (unpaired) electrons. The number of nitrogens with zero attached hydrogens (tertiary/aromatic N) is 1. The highest BCUT2D eigenvalue weighted by atomic mass is 14.6. The van der Waals surface area contributed by atoms with Crippen LogP contribution in [0.1, 0.15) is 51.0 Å². The van der Waals surface area contributed by atoms with Gasteiger partial charge < -0.3 is 0 Å². The lowest BCUT2D eigenvalue weighted by molar-refractivity contribution is 0.608. The van der Waals surface area contributed by atoms with Gasteiger partial charge in [0.05, 0.1) is 5.52 Å². The van der Waals surface area contributed by atoms with Crippen molar-refractivity contribution >= 4 is 10.9 Å². The summed E-state index contributed by atoms with van der Waals surface area (Å²) in [6, 6.07) is 11.6. The summed E-state index contributed by atoms with van der Waals surface area (Å²) < 4.78 is 0. The molecule has 0 spiro atoms. The lowest BCUT2D eigenvalue weighted by Crippen LogP contribution is -1.89. The first-order chi connectivity index (χ1) is 8.92. The molecule has 18 heavy (non-hydrogen) atoms. The molecule has 0 amide bonds. The summed E-state index contributed by atoms with van der Waals surface area (Å²) in [7, 11) is 0. The third kappa shape index (κ3) is 3.56. The van der Waals surface area contributed by atoms with Crippen molar-refractivity contribution in [1.82, 2.24) is 4.98 Å². The Kier molecular flexibility index (Phi) is 5.19. The summed E-state index contributed by atoms with van der Waals surface area (Å²) >= 11 is 0. The van der Waals surface area contributed by atoms with Gasteiger partial charge in [-0.1, -0.05) is 51.2 Å². The first-order valence-corrected chi connectivity index (χ1v) is 7.16. The summed E-state index contributed by atoms with van der Waals surface area (Å²) in [6.45, 7) is 2.26. The molecule has 0 aliphatic heterocycles. The van der Waals surface area contributed by atoms with E-state index >= 15 is 0 Å². The number of aryl methyl sites for hydroxylation is 1. The summed E-state index contributed by atoms with van der Waals surface area (Å²) in [5, 5.41) is 1.20. The lowest BCUT2D eigenvalue weighted by Gasteiger charge is -2.05. The van der Waals surface area contributed by atoms with Crippen molar-refractivity contribution in [2.75, 3.05) is 0 Å². The Balaban J connectivity index is 1.88. The van der Waals surface area contributed by atoms with E-state index in [0.717, 1.165) is 11.9 Å². The monoisotopic (exact) mass is 240 g/mol. The van der Waals surface area contributed by atoms with Crippen LogP contribution in [0.5, 0.6) is 0 Å². The molecular formula is C17H22N. The Morgan fingerprint density at radius 1 is 1.06 bits per heavy atom. The molecule has 1 aromatic carbocycles. The van der Waals surface area contributed by atoms with E-state index in [9.17, 15) is 0 Å². The van der Waals surface area contributed by atoms with Crippen molar-refractivity contribution in [2.24, 2.45) is 0 Å². The highest BCUT2D eigenvalue weighted by molar-refractivity contribution is 5.81. The number of aromatic nitrogens is 1. The molecule has 0 unspecified atom stereocenters. The summed E-state index contributed by atoms with van der Waals surface area (Å²) in [5.74, 6) is 0. The minimum atomic E-state index is 1.07. The van der Waals surface area contributed by atoms with Gasteiger partial charge in [0.1, 0.15) is 0 Å². The van der Waals surface area contributed by atoms with Crippen LogP contribution in [0, 0.1) is 6.07 Å². The highest BCUT2D eigenvalue weighted by Gasteiger charge is 2.01. The Morgan fingerprint density at radius 3 is 2.78 bits per heavy atom. The molecule has 95 valence electrons. The molecule has 1 nitrogen and oxygen atoms in total. The van der Waals surface area contributed by atoms with Gasteiger partial charge in [0.2, 0.25) is 0 Å². The standard InChI is InChI=1S/C17H22N/c1-2-3-4-5-6-7-10-15-11-8-13-17-16(15)12-9-14-18-17/h8-9,11,13-14H,2-7,10H2,1H3. The Labute approximate surface area is 110 Å². The average Bonchev–Trinajstić information content (AvgIpc) is 2.43. The molecule has 0 atom stereocenters. The normalized spacial score (nSPS) is 10.9. The van der Waals surface area contributed by atoms with Crippen LogP contribution in [-0.4, -0.2) is 4.98 Å². The van der Waals surface area contributed by atoms with Gasteiger partial charge >= 0.3 is 0 Å². The highest BCUT2D eigenvalue weighted by Crippen LogP contribution is 2.18. The van der Waals surface area contributed by atoms with E-state index in [1.54, 1.807) is 0 Å². The molecule has 0 bridgehead atoms. The molecule has 2 aromatic rings. The maximum absolute atomic E-state index is 4.38. The fraction of sp³-hybridized carbons (Fsp3) is 0.471. The Bertz CT molecular complexity index is 470. The number of unbranched alkanes of at least 4 members (excludes halogenated alkanes) is 5. The maximum Gasteiger partial charge on any atom is 0.0710 e. The molecule has 0 N–H and O–H groups in total. The fourth-order valence-electron chi connectivity index (χ4n) is 2.40. The van der Waals surface area contributed by atoms with Gasteiger partial charge in [-0.2, -0.15) is 0 Å². The number of hydrogen-bond acceptors (Lipinski definition) is 1. The number of hydrogen-bond donors (Lipinski definition) is 0. The van der Waals surface area contributed by atoms with E-state index < -0.39 is 0 Å². The molecule has 0 fully saturated rings. The predicted octanol–water partition coefficient (Wildman–Crippen LogP) is 4.94. The van der Waals surface area contributed by atoms with Crippen LogP contribution in [-0.2, 0) is 6.42 Å². The van der Waals surface area contributed by atoms with E-state index in [-0.39, 0.29) is 0 Å². The average molecular weight is 240 g/mol. The zero-order chi connectivity index (χ0) is 12.6. The predicted molar refractivity (Wildman–Crippen MR) is 77.7 cm³/mol. The first kappa shape index (κ1) is 13.1. The van der Waals surface area contributed by atoms with Crippen LogP contribution >= 0.6 is 0 Å². The zero-order valence-electron chi connectivity index (χ0n) is 11.3. The van der Waals surface area contributed by atoms with Crippen molar-refractivity contribution in [1.29, 1.82) is 0 Å². The first-order valence-electron chi connectivity index (χ1n) is 7.16. The van der Waals surface area contributed by atoms with E-state index in [4.69, 9.17) is 0 Å². The lowest BCUT2D eigenvalue weighted by atomic mass is 10.0. The van der Waals surface area contributed by atoms with Crippen molar-refractivity contribution in [3.8, 4) is 0 Å². The molecule has 0 saturated heterocycles. The summed E-state index contributed by atoms with van der Waals surface area (Å²) in [4.78, 5) is 4.38. The van der Waals surface area contributed by atoms with Crippen molar-refractivity contribution in [3.05, 3.63) is 42.1 Å². The maximum atomic E-state index is 4.38. The Hall–Kier alpha value is -1.37. The second-order valence-electron chi connectivity index (χ2n) is 4.92. The van der Waals surface area contributed by atoms with Crippen LogP contribution in [0.2, 0.25) is 0 Å². The molecule has 1 heteroatoms. The van der Waals surface area contributed by atoms with Gasteiger partial charge in [0, 0.05) is 11.6 Å². The molecule has 1 heterocycles. The molecular weight excluding hydrogens is 218 g/mol. The molecule has 0 aliphatic carbocycles. The number of benzene rings is 1. The van der Waals surface area contributed by atoms with E-state index in [1.165, 1.54) is 49.5 Å². The zero-order valence-corrected chi connectivity index (χ0v) is 11.3. The smallest absolute Gasteiger partial charge is 0.0710 e.